The highest BCUT2D eigenvalue weighted by molar-refractivity contribution is 6.31. The van der Waals surface area contributed by atoms with Crippen LogP contribution in [0.4, 0.5) is 0 Å². The van der Waals surface area contributed by atoms with Gasteiger partial charge >= 0.3 is 0 Å². The van der Waals surface area contributed by atoms with Crippen LogP contribution < -0.4 is 4.74 Å². The lowest BCUT2D eigenvalue weighted by Crippen LogP contribution is -2.01. The molecule has 0 spiro atoms. The Balaban J connectivity index is 1.35. The predicted octanol–water partition coefficient (Wildman–Crippen LogP) is 5.71. The van der Waals surface area contributed by atoms with E-state index in [9.17, 15) is 4.79 Å². The number of fused-ring (bicyclic) bond motifs is 2. The summed E-state index contributed by atoms with van der Waals surface area (Å²) in [7, 11) is 1.93. The quantitative estimate of drug-likeness (QED) is 0.350. The predicted molar refractivity (Wildman–Crippen MR) is 121 cm³/mol. The van der Waals surface area contributed by atoms with Crippen molar-refractivity contribution in [3.05, 3.63) is 83.5 Å². The number of imidazole rings is 1. The average molecular weight is 431 g/mol. The number of nitrogens with one attached hydrogen (secondary N) is 1. The average Bonchev–Trinajstić information content (AvgIpc) is 3.33. The Kier molecular flexibility index (Phi) is 4.92. The molecule has 0 saturated heterocycles. The number of H-pyrrole nitrogens is 1. The number of aryl methyl sites for hydroxylation is 2. The molecule has 0 fully saturated rings. The van der Waals surface area contributed by atoms with E-state index in [0.717, 1.165) is 27.8 Å². The van der Waals surface area contributed by atoms with Crippen LogP contribution in [0, 0.1) is 0 Å². The van der Waals surface area contributed by atoms with E-state index in [4.69, 9.17) is 16.3 Å². The van der Waals surface area contributed by atoms with Gasteiger partial charge in [-0.25, -0.2) is 4.98 Å². The molecule has 0 radical (unpaired) electrons. The third-order valence-electron chi connectivity index (χ3n) is 5.22. The molecule has 5 rings (SSSR count). The van der Waals surface area contributed by atoms with E-state index in [1.54, 1.807) is 12.4 Å². The van der Waals surface area contributed by atoms with E-state index >= 15 is 0 Å². The third-order valence-corrected chi connectivity index (χ3v) is 5.45. The van der Waals surface area contributed by atoms with Gasteiger partial charge in [0.25, 0.3) is 0 Å². The fraction of sp³-hybridized carbons (Fsp3) is 0.125. The second-order valence-corrected chi connectivity index (χ2v) is 7.83. The number of hydrogen-bond donors (Lipinski definition) is 1. The molecule has 0 amide bonds. The number of aromatic nitrogens is 4. The normalized spacial score (nSPS) is 11.3. The van der Waals surface area contributed by atoms with E-state index in [-0.39, 0.29) is 5.78 Å². The van der Waals surface area contributed by atoms with Crippen LogP contribution in [-0.4, -0.2) is 25.3 Å². The van der Waals surface area contributed by atoms with Crippen molar-refractivity contribution in [2.45, 2.75) is 12.8 Å². The lowest BCUT2D eigenvalue weighted by atomic mass is 10.1. The second kappa shape index (κ2) is 7.89. The molecule has 3 heterocycles. The van der Waals surface area contributed by atoms with Gasteiger partial charge in [-0.15, -0.1) is 0 Å². The summed E-state index contributed by atoms with van der Waals surface area (Å²) in [6.45, 7) is 0. The number of pyridine rings is 1. The molecule has 31 heavy (non-hydrogen) atoms. The molecule has 0 saturated carbocycles. The summed E-state index contributed by atoms with van der Waals surface area (Å²) in [4.78, 5) is 24.8. The molecule has 0 bridgehead atoms. The minimum atomic E-state index is 0.0741. The van der Waals surface area contributed by atoms with Gasteiger partial charge in [-0.3, -0.25) is 9.78 Å². The molecule has 0 aliphatic carbocycles. The van der Waals surface area contributed by atoms with Gasteiger partial charge in [0, 0.05) is 54.3 Å². The van der Waals surface area contributed by atoms with Crippen LogP contribution in [0.2, 0.25) is 5.02 Å². The van der Waals surface area contributed by atoms with Crippen LogP contribution >= 0.6 is 11.6 Å². The third kappa shape index (κ3) is 3.90. The molecule has 0 aliphatic rings. The van der Waals surface area contributed by atoms with Gasteiger partial charge < -0.3 is 14.3 Å². The fourth-order valence-corrected chi connectivity index (χ4v) is 3.88. The summed E-state index contributed by atoms with van der Waals surface area (Å²) < 4.78 is 7.82. The Morgan fingerprint density at radius 2 is 2.06 bits per heavy atom. The minimum absolute atomic E-state index is 0.0741. The van der Waals surface area contributed by atoms with Gasteiger partial charge in [-0.1, -0.05) is 11.6 Å². The first-order chi connectivity index (χ1) is 15.1. The van der Waals surface area contributed by atoms with Gasteiger partial charge in [-0.05, 0) is 42.5 Å². The number of aromatic amines is 1. The number of nitrogens with zero attached hydrogens (tertiary/aromatic N) is 3. The smallest absolute Gasteiger partial charge is 0.165 e. The van der Waals surface area contributed by atoms with Crippen molar-refractivity contribution in [1.82, 2.24) is 19.5 Å². The van der Waals surface area contributed by atoms with E-state index in [2.05, 4.69) is 15.0 Å². The largest absolute Gasteiger partial charge is 0.456 e. The van der Waals surface area contributed by atoms with Crippen molar-refractivity contribution in [2.75, 3.05) is 0 Å². The molecular weight excluding hydrogens is 412 g/mol. The number of Topliss-reactive ketones (excluding diaryl/α,β-unsaturated/α-hetero) is 1. The summed E-state index contributed by atoms with van der Waals surface area (Å²) in [5, 5.41) is 1.55. The summed E-state index contributed by atoms with van der Waals surface area (Å²) in [5.74, 6) is 2.21. The Morgan fingerprint density at radius 3 is 2.90 bits per heavy atom. The molecular formula is C24H19ClN4O2. The Bertz CT molecular complexity index is 1410. The Hall–Kier alpha value is -3.64. The molecule has 1 N–H and O–H groups in total. The number of hydrogen-bond acceptors (Lipinski definition) is 4. The number of benzene rings is 2. The number of carbonyl (C=O) groups is 1. The second-order valence-electron chi connectivity index (χ2n) is 7.39. The molecule has 0 aliphatic heterocycles. The summed E-state index contributed by atoms with van der Waals surface area (Å²) in [6.07, 6.45) is 6.13. The highest BCUT2D eigenvalue weighted by Gasteiger charge is 2.16. The van der Waals surface area contributed by atoms with Crippen LogP contribution in [-0.2, 0) is 13.5 Å². The summed E-state index contributed by atoms with van der Waals surface area (Å²) in [6, 6.07) is 14.9. The van der Waals surface area contributed by atoms with Crippen LogP contribution in [0.15, 0.2) is 67.1 Å². The van der Waals surface area contributed by atoms with Gasteiger partial charge in [-0.2, -0.15) is 0 Å². The van der Waals surface area contributed by atoms with Gasteiger partial charge in [0.2, 0.25) is 0 Å². The highest BCUT2D eigenvalue weighted by atomic mass is 35.5. The Morgan fingerprint density at radius 1 is 1.16 bits per heavy atom. The van der Waals surface area contributed by atoms with Crippen molar-refractivity contribution >= 4 is 39.3 Å². The maximum atomic E-state index is 13.0. The molecule has 154 valence electrons. The first-order valence-corrected chi connectivity index (χ1v) is 10.3. The summed E-state index contributed by atoms with van der Waals surface area (Å²) in [5.41, 5.74) is 3.35. The number of ether oxygens (including phenoxy) is 1. The van der Waals surface area contributed by atoms with Crippen molar-refractivity contribution < 1.29 is 9.53 Å². The first-order valence-electron chi connectivity index (χ1n) is 9.91. The van der Waals surface area contributed by atoms with E-state index in [1.807, 2.05) is 66.3 Å². The monoisotopic (exact) mass is 430 g/mol. The maximum Gasteiger partial charge on any atom is 0.165 e. The van der Waals surface area contributed by atoms with Crippen molar-refractivity contribution in [3.63, 3.8) is 0 Å². The molecule has 7 heteroatoms. The standard InChI is InChI=1S/C24H19ClN4O2/c1-29-14-19(18-6-5-16(12-22(18)29)31-17-3-2-10-26-13-17)23(30)8-9-24-27-20-7-4-15(25)11-21(20)28-24/h2-7,10-14H,8-9H2,1H3,(H,27,28). The van der Waals surface area contributed by atoms with Crippen LogP contribution in [0.3, 0.4) is 0 Å². The number of carbonyl (C=O) groups excluding carboxylic acids is 1. The van der Waals surface area contributed by atoms with E-state index in [0.29, 0.717) is 34.9 Å². The van der Waals surface area contributed by atoms with Crippen LogP contribution in [0.5, 0.6) is 11.5 Å². The fourth-order valence-electron chi connectivity index (χ4n) is 3.71. The molecule has 3 aromatic heterocycles. The number of ketones is 1. The molecule has 2 aromatic carbocycles. The Labute approximate surface area is 183 Å². The zero-order chi connectivity index (χ0) is 21.4. The zero-order valence-corrected chi connectivity index (χ0v) is 17.6. The van der Waals surface area contributed by atoms with Crippen molar-refractivity contribution in [1.29, 1.82) is 0 Å². The highest BCUT2D eigenvalue weighted by Crippen LogP contribution is 2.29. The topological polar surface area (TPSA) is 72.8 Å². The minimum Gasteiger partial charge on any atom is -0.456 e. The van der Waals surface area contributed by atoms with Gasteiger partial charge in [0.1, 0.15) is 17.3 Å². The van der Waals surface area contributed by atoms with Gasteiger partial charge in [0.15, 0.2) is 5.78 Å². The molecule has 0 atom stereocenters. The zero-order valence-electron chi connectivity index (χ0n) is 16.8. The van der Waals surface area contributed by atoms with Crippen molar-refractivity contribution in [2.24, 2.45) is 7.05 Å². The number of halogens is 1. The summed E-state index contributed by atoms with van der Waals surface area (Å²) >= 11 is 6.03. The van der Waals surface area contributed by atoms with E-state index in [1.165, 1.54) is 0 Å². The number of rotatable bonds is 6. The lowest BCUT2D eigenvalue weighted by molar-refractivity contribution is 0.0983. The maximum absolute atomic E-state index is 13.0. The first kappa shape index (κ1) is 19.3. The van der Waals surface area contributed by atoms with E-state index < -0.39 is 0 Å². The lowest BCUT2D eigenvalue weighted by Gasteiger charge is -2.06. The van der Waals surface area contributed by atoms with Crippen LogP contribution in [0.25, 0.3) is 21.9 Å². The molecule has 0 unspecified atom stereocenters. The van der Waals surface area contributed by atoms with Crippen molar-refractivity contribution in [3.8, 4) is 11.5 Å². The molecule has 6 nitrogen and oxygen atoms in total. The van der Waals surface area contributed by atoms with Crippen LogP contribution in [0.1, 0.15) is 22.6 Å². The SMILES string of the molecule is Cn1cc(C(=O)CCc2nc3cc(Cl)ccc3[nH]2)c2ccc(Oc3cccnc3)cc21. The van der Waals surface area contributed by atoms with Gasteiger partial charge in [0.05, 0.1) is 22.7 Å². The molecule has 5 aromatic rings.